The second-order valence-electron chi connectivity index (χ2n) is 5.82. The van der Waals surface area contributed by atoms with Gasteiger partial charge in [-0.25, -0.2) is 4.79 Å². The first kappa shape index (κ1) is 19.8. The van der Waals surface area contributed by atoms with Crippen molar-refractivity contribution in [2.24, 2.45) is 0 Å². The molecule has 144 valence electrons. The first-order valence-electron chi connectivity index (χ1n) is 8.36. The smallest absolute Gasteiger partial charge is 0.338 e. The quantitative estimate of drug-likeness (QED) is 0.333. The van der Waals surface area contributed by atoms with Gasteiger partial charge < -0.3 is 10.1 Å². The van der Waals surface area contributed by atoms with Gasteiger partial charge in [0, 0.05) is 17.1 Å². The van der Waals surface area contributed by atoms with Crippen LogP contribution in [0.1, 0.15) is 33.4 Å². The van der Waals surface area contributed by atoms with Crippen LogP contribution in [0.25, 0.3) is 10.1 Å². The average Bonchev–Trinajstić information content (AvgIpc) is 3.03. The van der Waals surface area contributed by atoms with Crippen LogP contribution in [0.4, 0.5) is 11.4 Å². The maximum absolute atomic E-state index is 12.6. The molecule has 1 N–H and O–H groups in total. The summed E-state index contributed by atoms with van der Waals surface area (Å²) in [5.74, 6) is -0.915. The Bertz CT molecular complexity index is 1060. The van der Waals surface area contributed by atoms with Gasteiger partial charge in [-0.2, -0.15) is 0 Å². The summed E-state index contributed by atoms with van der Waals surface area (Å²) in [7, 11) is 0. The Balaban J connectivity index is 1.82. The van der Waals surface area contributed by atoms with Gasteiger partial charge in [0.1, 0.15) is 9.58 Å². The topological polar surface area (TPSA) is 98.5 Å². The number of rotatable bonds is 6. The van der Waals surface area contributed by atoms with E-state index in [1.54, 1.807) is 30.3 Å². The fourth-order valence-corrected chi connectivity index (χ4v) is 4.01. The Kier molecular flexibility index (Phi) is 5.91. The van der Waals surface area contributed by atoms with Crippen LogP contribution in [0.2, 0.25) is 5.02 Å². The molecule has 1 aromatic heterocycles. The Hall–Kier alpha value is -2.97. The number of nitrogens with zero attached hydrogens (tertiary/aromatic N) is 1. The van der Waals surface area contributed by atoms with Gasteiger partial charge in [0.2, 0.25) is 0 Å². The molecule has 0 spiro atoms. The molecule has 1 heterocycles. The normalized spacial score (nSPS) is 10.6. The van der Waals surface area contributed by atoms with Gasteiger partial charge in [0.15, 0.2) is 0 Å². The van der Waals surface area contributed by atoms with Crippen LogP contribution in [0.15, 0.2) is 42.5 Å². The molecule has 0 bridgehead atoms. The van der Waals surface area contributed by atoms with E-state index in [9.17, 15) is 19.7 Å². The summed E-state index contributed by atoms with van der Waals surface area (Å²) in [5.41, 5.74) is 0.737. The predicted molar refractivity (Wildman–Crippen MR) is 108 cm³/mol. The zero-order valence-corrected chi connectivity index (χ0v) is 16.3. The number of non-ortho nitro benzene ring substituents is 1. The van der Waals surface area contributed by atoms with Crippen molar-refractivity contribution in [2.75, 3.05) is 11.9 Å². The number of benzene rings is 2. The number of hydrogen-bond donors (Lipinski definition) is 1. The highest BCUT2D eigenvalue weighted by molar-refractivity contribution is 7.22. The van der Waals surface area contributed by atoms with E-state index in [1.165, 1.54) is 12.1 Å². The summed E-state index contributed by atoms with van der Waals surface area (Å²) < 4.78 is 5.39. The lowest BCUT2D eigenvalue weighted by molar-refractivity contribution is -0.382. The number of nitro groups is 1. The molecule has 7 nitrogen and oxygen atoms in total. The van der Waals surface area contributed by atoms with E-state index < -0.39 is 16.8 Å². The van der Waals surface area contributed by atoms with Crippen LogP contribution in [0.5, 0.6) is 0 Å². The van der Waals surface area contributed by atoms with Gasteiger partial charge in [0.25, 0.3) is 11.6 Å². The van der Waals surface area contributed by atoms with Crippen molar-refractivity contribution in [1.29, 1.82) is 0 Å². The third-order valence-electron chi connectivity index (χ3n) is 3.85. The Morgan fingerprint density at radius 1 is 1.21 bits per heavy atom. The van der Waals surface area contributed by atoms with E-state index in [0.29, 0.717) is 27.9 Å². The minimum atomic E-state index is -0.507. The summed E-state index contributed by atoms with van der Waals surface area (Å²) in [5, 5.41) is 14.5. The average molecular weight is 419 g/mol. The second kappa shape index (κ2) is 8.37. The highest BCUT2D eigenvalue weighted by Crippen LogP contribution is 2.40. The Morgan fingerprint density at radius 2 is 1.93 bits per heavy atom. The lowest BCUT2D eigenvalue weighted by Crippen LogP contribution is -2.11. The highest BCUT2D eigenvalue weighted by Gasteiger charge is 2.22. The van der Waals surface area contributed by atoms with Gasteiger partial charge in [-0.3, -0.25) is 14.9 Å². The largest absolute Gasteiger partial charge is 0.462 e. The first-order chi connectivity index (χ1) is 13.4. The standard InChI is InChI=1S/C19H15ClN2O5S/c1-2-10-27-19(24)11-6-8-12(9-7-11)21-18(23)17-15(20)13-4-3-5-14(22(25)26)16(13)28-17/h3-9H,2,10H2,1H3,(H,21,23). The monoisotopic (exact) mass is 418 g/mol. The van der Waals surface area contributed by atoms with Gasteiger partial charge in [-0.15, -0.1) is 11.3 Å². The van der Waals surface area contributed by atoms with Crippen molar-refractivity contribution in [3.8, 4) is 0 Å². The molecule has 2 aromatic carbocycles. The second-order valence-corrected chi connectivity index (χ2v) is 7.22. The predicted octanol–water partition coefficient (Wildman–Crippen LogP) is 5.28. The number of nitro benzene ring substituents is 1. The lowest BCUT2D eigenvalue weighted by atomic mass is 10.2. The molecule has 0 saturated carbocycles. The maximum atomic E-state index is 12.6. The summed E-state index contributed by atoms with van der Waals surface area (Å²) in [6.07, 6.45) is 0.730. The molecule has 9 heteroatoms. The van der Waals surface area contributed by atoms with Gasteiger partial charge >= 0.3 is 5.97 Å². The highest BCUT2D eigenvalue weighted by atomic mass is 35.5. The molecule has 0 atom stereocenters. The molecule has 3 rings (SSSR count). The van der Waals surface area contributed by atoms with Gasteiger partial charge in [-0.1, -0.05) is 30.7 Å². The molecule has 0 radical (unpaired) electrons. The van der Waals surface area contributed by atoms with Crippen molar-refractivity contribution in [2.45, 2.75) is 13.3 Å². The van der Waals surface area contributed by atoms with E-state index in [0.717, 1.165) is 17.8 Å². The number of carbonyl (C=O) groups excluding carboxylic acids is 2. The van der Waals surface area contributed by atoms with Crippen molar-refractivity contribution in [1.82, 2.24) is 0 Å². The van der Waals surface area contributed by atoms with Crippen molar-refractivity contribution in [3.05, 3.63) is 68.0 Å². The molecular weight excluding hydrogens is 404 g/mol. The Morgan fingerprint density at radius 3 is 2.57 bits per heavy atom. The SMILES string of the molecule is CCCOC(=O)c1ccc(NC(=O)c2sc3c([N+](=O)[O-])cccc3c2Cl)cc1. The van der Waals surface area contributed by atoms with Crippen LogP contribution < -0.4 is 5.32 Å². The van der Waals surface area contributed by atoms with Gasteiger partial charge in [-0.05, 0) is 30.7 Å². The van der Waals surface area contributed by atoms with Crippen LogP contribution >= 0.6 is 22.9 Å². The van der Waals surface area contributed by atoms with Crippen LogP contribution in [0, 0.1) is 10.1 Å². The van der Waals surface area contributed by atoms with Crippen LogP contribution in [0.3, 0.4) is 0 Å². The number of nitrogens with one attached hydrogen (secondary N) is 1. The zero-order chi connectivity index (χ0) is 20.3. The molecule has 0 unspecified atom stereocenters. The molecule has 0 aliphatic carbocycles. The third-order valence-corrected chi connectivity index (χ3v) is 5.58. The number of esters is 1. The molecule has 28 heavy (non-hydrogen) atoms. The number of ether oxygens (including phenoxy) is 1. The summed E-state index contributed by atoms with van der Waals surface area (Å²) in [6.45, 7) is 2.24. The minimum Gasteiger partial charge on any atom is -0.462 e. The van der Waals surface area contributed by atoms with E-state index in [1.807, 2.05) is 6.92 Å². The molecule has 0 aliphatic heterocycles. The maximum Gasteiger partial charge on any atom is 0.338 e. The third kappa shape index (κ3) is 3.97. The molecule has 1 amide bonds. The number of hydrogen-bond acceptors (Lipinski definition) is 6. The lowest BCUT2D eigenvalue weighted by Gasteiger charge is -2.06. The van der Waals surface area contributed by atoms with E-state index in [-0.39, 0.29) is 15.6 Å². The number of carbonyl (C=O) groups is 2. The van der Waals surface area contributed by atoms with Crippen LogP contribution in [-0.2, 0) is 4.74 Å². The van der Waals surface area contributed by atoms with E-state index in [4.69, 9.17) is 16.3 Å². The van der Waals surface area contributed by atoms with Crippen molar-refractivity contribution < 1.29 is 19.2 Å². The van der Waals surface area contributed by atoms with E-state index >= 15 is 0 Å². The molecule has 0 aliphatic rings. The Labute approximate surface area is 169 Å². The summed E-state index contributed by atoms with van der Waals surface area (Å²) >= 11 is 7.24. The zero-order valence-electron chi connectivity index (χ0n) is 14.7. The van der Waals surface area contributed by atoms with Crippen LogP contribution in [-0.4, -0.2) is 23.4 Å². The number of halogens is 1. The molecular formula is C19H15ClN2O5S. The van der Waals surface area contributed by atoms with Crippen molar-refractivity contribution >= 4 is 56.3 Å². The number of fused-ring (bicyclic) bond motifs is 1. The number of amides is 1. The fourth-order valence-electron chi connectivity index (χ4n) is 2.52. The molecule has 0 fully saturated rings. The first-order valence-corrected chi connectivity index (χ1v) is 9.55. The number of thiophene rings is 1. The fraction of sp³-hybridized carbons (Fsp3) is 0.158. The minimum absolute atomic E-state index is 0.0987. The molecule has 0 saturated heterocycles. The number of anilines is 1. The van der Waals surface area contributed by atoms with E-state index in [2.05, 4.69) is 5.32 Å². The molecule has 3 aromatic rings. The van der Waals surface area contributed by atoms with Crippen molar-refractivity contribution in [3.63, 3.8) is 0 Å². The summed E-state index contributed by atoms with van der Waals surface area (Å²) in [4.78, 5) is 35.3. The van der Waals surface area contributed by atoms with Gasteiger partial charge in [0.05, 0.1) is 22.1 Å². The summed E-state index contributed by atoms with van der Waals surface area (Å²) in [6, 6.07) is 10.8.